The van der Waals surface area contributed by atoms with E-state index in [1.54, 1.807) is 17.6 Å². The number of hydrogen-bond donors (Lipinski definition) is 0. The Morgan fingerprint density at radius 2 is 1.24 bits per heavy atom. The van der Waals surface area contributed by atoms with Crippen LogP contribution in [-0.4, -0.2) is 3.21 Å². The quantitative estimate of drug-likeness (QED) is 0.402. The van der Waals surface area contributed by atoms with Crippen LogP contribution in [0, 0.1) is 0 Å². The number of allylic oxidation sites excluding steroid dienone is 8. The van der Waals surface area contributed by atoms with Crippen LogP contribution in [0.4, 0.5) is 0 Å². The molecule has 0 saturated carbocycles. The zero-order chi connectivity index (χ0) is 27.3. The molecule has 7 rings (SSSR count). The van der Waals surface area contributed by atoms with Gasteiger partial charge in [0.05, 0.1) is 0 Å². The molecule has 0 bridgehead atoms. The molecule has 4 aliphatic rings. The Morgan fingerprint density at radius 3 is 1.71 bits per heavy atom. The van der Waals surface area contributed by atoms with Gasteiger partial charge in [0.1, 0.15) is 0 Å². The number of fused-ring (bicyclic) bond motifs is 5. The molecule has 0 amide bonds. The minimum absolute atomic E-state index is 0. The normalized spacial score (nSPS) is 18.7. The Hall–Kier alpha value is -2.05. The molecule has 3 aromatic rings. The molecular weight excluding hydrogens is 619 g/mol. The molecule has 0 spiro atoms. The standard InChI is InChI=1S/C25H25.C8H8.C5H5.2ClH.Zr/c1-14-12-24(3,4)22-8-16-7-17-9-23-19(15(2)13-25(23,5)6)11-21(17)20(16)10-18(14)22;1-2-8-6-4-3-5-7-8;1-2-4-5-3-1;;;/h7-13H,1-6H3;3-7H,1H3;1-3H,4H2;2*1H;/q;;;;;+2/p-2. The van der Waals surface area contributed by atoms with E-state index in [1.807, 2.05) is 0 Å². The third kappa shape index (κ3) is 4.63. The third-order valence-corrected chi connectivity index (χ3v) is 18.0. The summed E-state index contributed by atoms with van der Waals surface area (Å²) in [6, 6.07) is 21.7. The van der Waals surface area contributed by atoms with Gasteiger partial charge < -0.3 is 24.8 Å². The number of benzene rings is 3. The van der Waals surface area contributed by atoms with Crippen molar-refractivity contribution in [1.82, 2.24) is 0 Å². The molecule has 0 unspecified atom stereocenters. The first-order chi connectivity index (χ1) is 18.6. The molecule has 0 radical (unpaired) electrons. The van der Waals surface area contributed by atoms with E-state index in [4.69, 9.17) is 0 Å². The second-order valence-corrected chi connectivity index (χ2v) is 20.1. The maximum atomic E-state index is 2.64. The molecule has 0 fully saturated rings. The van der Waals surface area contributed by atoms with Crippen LogP contribution in [0.3, 0.4) is 0 Å². The summed E-state index contributed by atoms with van der Waals surface area (Å²) < 4.78 is 3.89. The Labute approximate surface area is 266 Å². The van der Waals surface area contributed by atoms with Crippen molar-refractivity contribution >= 4 is 14.4 Å². The van der Waals surface area contributed by atoms with Gasteiger partial charge in [-0.2, -0.15) is 0 Å². The summed E-state index contributed by atoms with van der Waals surface area (Å²) in [6.07, 6.45) is 13.2. The fourth-order valence-corrected chi connectivity index (χ4v) is 16.4. The first-order valence-electron chi connectivity index (χ1n) is 14.5. The largest absolute Gasteiger partial charge is 1.00 e. The molecule has 0 aliphatic heterocycles. The number of halogens is 2. The van der Waals surface area contributed by atoms with Gasteiger partial charge in [-0.3, -0.25) is 0 Å². The minimum atomic E-state index is -2.43. The maximum absolute atomic E-state index is 2.64. The number of rotatable bonds is 3. The molecule has 208 valence electrons. The monoisotopic (exact) mass is 654 g/mol. The zero-order valence-corrected chi connectivity index (χ0v) is 29.1. The summed E-state index contributed by atoms with van der Waals surface area (Å²) in [7, 11) is 0. The second-order valence-electron chi connectivity index (χ2n) is 13.2. The second kappa shape index (κ2) is 10.6. The van der Waals surface area contributed by atoms with Crippen LogP contribution >= 0.6 is 0 Å². The molecule has 0 saturated heterocycles. The van der Waals surface area contributed by atoms with Gasteiger partial charge in [0.25, 0.3) is 0 Å². The molecule has 41 heavy (non-hydrogen) atoms. The summed E-state index contributed by atoms with van der Waals surface area (Å²) in [5, 5.41) is 0. The van der Waals surface area contributed by atoms with Crippen LogP contribution in [0.5, 0.6) is 0 Å². The third-order valence-electron chi connectivity index (χ3n) is 9.70. The van der Waals surface area contributed by atoms with Crippen LogP contribution < -0.4 is 24.8 Å². The summed E-state index contributed by atoms with van der Waals surface area (Å²) in [5.41, 5.74) is 16.6. The topological polar surface area (TPSA) is 0 Å². The van der Waals surface area contributed by atoms with E-state index in [1.165, 1.54) is 50.1 Å². The zero-order valence-electron chi connectivity index (χ0n) is 25.1. The van der Waals surface area contributed by atoms with Crippen molar-refractivity contribution in [2.75, 3.05) is 0 Å². The van der Waals surface area contributed by atoms with Crippen LogP contribution in [-0.2, 0) is 32.1 Å². The summed E-state index contributed by atoms with van der Waals surface area (Å²) in [5.74, 6) is 0. The molecule has 3 heteroatoms. The van der Waals surface area contributed by atoms with E-state index < -0.39 is 21.3 Å². The summed E-state index contributed by atoms with van der Waals surface area (Å²) in [4.78, 5) is 0. The predicted octanol–water partition coefficient (Wildman–Crippen LogP) is 3.86. The Kier molecular flexibility index (Phi) is 7.86. The van der Waals surface area contributed by atoms with Gasteiger partial charge >= 0.3 is 243 Å². The van der Waals surface area contributed by atoms with Crippen LogP contribution in [0.1, 0.15) is 97.5 Å². The smallest absolute Gasteiger partial charge is 1.00 e. The van der Waals surface area contributed by atoms with Gasteiger partial charge in [-0.1, -0.05) is 0 Å². The Balaban J connectivity index is 0.00000169. The van der Waals surface area contributed by atoms with Gasteiger partial charge in [0, 0.05) is 0 Å². The van der Waals surface area contributed by atoms with Crippen LogP contribution in [0.15, 0.2) is 88.3 Å². The van der Waals surface area contributed by atoms with E-state index in [0.29, 0.717) is 3.63 Å². The predicted molar refractivity (Wildman–Crippen MR) is 165 cm³/mol. The summed E-state index contributed by atoms with van der Waals surface area (Å²) in [6.45, 7) is 16.6. The van der Waals surface area contributed by atoms with Gasteiger partial charge in [-0.25, -0.2) is 0 Å². The van der Waals surface area contributed by atoms with Crippen LogP contribution in [0.2, 0.25) is 0 Å². The SMILES string of the molecule is CC1=CC(C)(C)c2cc3c(cc21)-c1cc2c(cc1[CH]3/[Zr+2]([C]1=CC=CC1)=[C](\C)c1ccccc1)C(C)(C)C=C2C.[Cl-].[Cl-]. The van der Waals surface area contributed by atoms with Gasteiger partial charge in [-0.15, -0.1) is 0 Å². The van der Waals surface area contributed by atoms with Crippen molar-refractivity contribution in [3.63, 3.8) is 0 Å². The average Bonchev–Trinajstić information content (AvgIpc) is 3.63. The average molecular weight is 657 g/mol. The maximum Gasteiger partial charge on any atom is -1.00 e. The molecule has 0 atom stereocenters. The van der Waals surface area contributed by atoms with Gasteiger partial charge in [-0.05, 0) is 0 Å². The molecular formula is C38H38Cl2Zr. The first-order valence-corrected chi connectivity index (χ1v) is 18.3. The minimum Gasteiger partial charge on any atom is -1.00 e. The Morgan fingerprint density at radius 1 is 0.732 bits per heavy atom. The van der Waals surface area contributed by atoms with Gasteiger partial charge in [0.15, 0.2) is 0 Å². The molecule has 0 N–H and O–H groups in total. The van der Waals surface area contributed by atoms with Crippen LogP contribution in [0.25, 0.3) is 22.3 Å². The van der Waals surface area contributed by atoms with Crippen molar-refractivity contribution in [3.8, 4) is 11.1 Å². The van der Waals surface area contributed by atoms with E-state index in [2.05, 4.69) is 133 Å². The molecule has 4 aliphatic carbocycles. The van der Waals surface area contributed by atoms with E-state index in [-0.39, 0.29) is 35.6 Å². The van der Waals surface area contributed by atoms with Crippen molar-refractivity contribution in [1.29, 1.82) is 0 Å². The fourth-order valence-electron chi connectivity index (χ4n) is 7.90. The van der Waals surface area contributed by atoms with Crippen molar-refractivity contribution < 1.29 is 46.1 Å². The summed E-state index contributed by atoms with van der Waals surface area (Å²) >= 11 is -2.43. The van der Waals surface area contributed by atoms with Gasteiger partial charge in [0.2, 0.25) is 0 Å². The van der Waals surface area contributed by atoms with Crippen molar-refractivity contribution in [2.45, 2.75) is 69.3 Å². The molecule has 0 aromatic heterocycles. The van der Waals surface area contributed by atoms with Crippen molar-refractivity contribution in [2.24, 2.45) is 0 Å². The first kappa shape index (κ1) is 30.4. The van der Waals surface area contributed by atoms with Crippen molar-refractivity contribution in [3.05, 3.63) is 127 Å². The van der Waals surface area contributed by atoms with E-state index >= 15 is 0 Å². The van der Waals surface area contributed by atoms with E-state index in [0.717, 1.165) is 6.42 Å². The number of hydrogen-bond acceptors (Lipinski definition) is 0. The Bertz CT molecular complexity index is 1660. The molecule has 0 heterocycles. The fraction of sp³-hybridized carbons (Fsp3) is 0.289. The molecule has 0 nitrogen and oxygen atoms in total. The molecule has 3 aromatic carbocycles. The van der Waals surface area contributed by atoms with E-state index in [9.17, 15) is 0 Å².